The first-order valence-electron chi connectivity index (χ1n) is 4.37. The van der Waals surface area contributed by atoms with E-state index in [0.717, 1.165) is 4.85 Å². The van der Waals surface area contributed by atoms with Gasteiger partial charge in [-0.3, -0.25) is 0 Å². The van der Waals surface area contributed by atoms with Gasteiger partial charge in [0.1, 0.15) is 11.0 Å². The van der Waals surface area contributed by atoms with Gasteiger partial charge in [0.05, 0.1) is 6.01 Å². The number of hydrogen-bond donors (Lipinski definition) is 2. The number of nitrogens with one attached hydrogen (secondary N) is 1. The fourth-order valence-corrected chi connectivity index (χ4v) is 0.936. The maximum atomic E-state index is 8.95. The van der Waals surface area contributed by atoms with Gasteiger partial charge in [0, 0.05) is 6.54 Å². The summed E-state index contributed by atoms with van der Waals surface area (Å²) >= 11 is 0. The quantitative estimate of drug-likeness (QED) is 0.545. The van der Waals surface area contributed by atoms with E-state index in [1.54, 1.807) is 12.1 Å². The maximum absolute atomic E-state index is 8.95. The second kappa shape index (κ2) is 5.51. The first kappa shape index (κ1) is 10.9. The van der Waals surface area contributed by atoms with Crippen LogP contribution in [0.25, 0.3) is 11.0 Å². The van der Waals surface area contributed by atoms with E-state index < -0.39 is 0 Å². The highest BCUT2D eigenvalue weighted by Crippen LogP contribution is 2.06. The summed E-state index contributed by atoms with van der Waals surface area (Å²) < 4.78 is 0. The Hall–Kier alpha value is -2.20. The number of hydrogen-bond acceptors (Lipinski definition) is 5. The van der Waals surface area contributed by atoms with Crippen molar-refractivity contribution < 1.29 is 5.21 Å². The number of aliphatic imine (C=N–C) groups is 1. The number of aromatic nitrogens is 3. The Morgan fingerprint density at radius 1 is 1.53 bits per heavy atom. The van der Waals surface area contributed by atoms with Gasteiger partial charge in [-0.1, -0.05) is 17.0 Å². The number of nitrogens with zero attached hydrogens (tertiary/aromatic N) is 4. The van der Waals surface area contributed by atoms with Crippen molar-refractivity contribution >= 4 is 17.0 Å². The average molecular weight is 205 g/mol. The summed E-state index contributed by atoms with van der Waals surface area (Å²) in [7, 11) is 0. The van der Waals surface area contributed by atoms with Crippen LogP contribution in [0.1, 0.15) is 6.92 Å². The molecule has 1 aromatic heterocycles. The standard InChI is InChI=1S/C6H5N3O.C3H6N2/c10-9-6-4-2-1-3-5(6)7-8-9;1-2-5-3-4/h1-4,10H;4H,2H2,1H3. The summed E-state index contributed by atoms with van der Waals surface area (Å²) in [6.07, 6.45) is 0. The molecule has 0 saturated heterocycles. The molecule has 0 amide bonds. The smallest absolute Gasteiger partial charge is 0.130 e. The summed E-state index contributed by atoms with van der Waals surface area (Å²) in [6, 6.07) is 9.09. The molecule has 78 valence electrons. The van der Waals surface area contributed by atoms with Gasteiger partial charge >= 0.3 is 0 Å². The van der Waals surface area contributed by atoms with E-state index >= 15 is 0 Å². The van der Waals surface area contributed by atoms with Gasteiger partial charge < -0.3 is 5.21 Å². The molecule has 0 fully saturated rings. The molecular formula is C9H11N5O. The summed E-state index contributed by atoms with van der Waals surface area (Å²) in [5, 5.41) is 22.2. The van der Waals surface area contributed by atoms with Gasteiger partial charge in [0.25, 0.3) is 0 Å². The summed E-state index contributed by atoms with van der Waals surface area (Å²) in [4.78, 5) is 4.15. The van der Waals surface area contributed by atoms with Crippen molar-refractivity contribution in [3.05, 3.63) is 24.3 Å². The zero-order valence-corrected chi connectivity index (χ0v) is 8.25. The third kappa shape index (κ3) is 2.89. The first-order chi connectivity index (χ1) is 7.29. The highest BCUT2D eigenvalue weighted by atomic mass is 16.5. The molecule has 2 rings (SSSR count). The van der Waals surface area contributed by atoms with Crippen molar-refractivity contribution in [3.63, 3.8) is 0 Å². The first-order valence-corrected chi connectivity index (χ1v) is 4.37. The van der Waals surface area contributed by atoms with Crippen LogP contribution in [-0.4, -0.2) is 32.9 Å². The predicted molar refractivity (Wildman–Crippen MR) is 55.4 cm³/mol. The molecule has 15 heavy (non-hydrogen) atoms. The minimum atomic E-state index is 0.627. The van der Waals surface area contributed by atoms with Gasteiger partial charge in [-0.05, 0) is 24.3 Å². The lowest BCUT2D eigenvalue weighted by Gasteiger charge is -1.85. The lowest BCUT2D eigenvalue weighted by Crippen LogP contribution is -1.90. The summed E-state index contributed by atoms with van der Waals surface area (Å²) in [5.74, 6) is 0. The lowest BCUT2D eigenvalue weighted by atomic mass is 10.3. The van der Waals surface area contributed by atoms with E-state index in [0.29, 0.717) is 17.6 Å². The van der Waals surface area contributed by atoms with Crippen LogP contribution < -0.4 is 0 Å². The van der Waals surface area contributed by atoms with Crippen molar-refractivity contribution in [1.29, 1.82) is 5.41 Å². The SMILES string of the molecule is CCN=C=N.On1nnc2ccccc21. The van der Waals surface area contributed by atoms with Gasteiger partial charge in [-0.15, -0.1) is 5.10 Å². The molecule has 0 aliphatic carbocycles. The fraction of sp³-hybridized carbons (Fsp3) is 0.222. The molecule has 1 heterocycles. The van der Waals surface area contributed by atoms with E-state index in [4.69, 9.17) is 10.6 Å². The average Bonchev–Trinajstić information content (AvgIpc) is 2.64. The van der Waals surface area contributed by atoms with Gasteiger partial charge in [-0.2, -0.15) is 0 Å². The van der Waals surface area contributed by atoms with Crippen LogP contribution in [0.2, 0.25) is 0 Å². The molecule has 6 heteroatoms. The number of fused-ring (bicyclic) bond motifs is 1. The highest BCUT2D eigenvalue weighted by molar-refractivity contribution is 5.73. The van der Waals surface area contributed by atoms with Crippen LogP contribution >= 0.6 is 0 Å². The molecule has 0 saturated carbocycles. The molecule has 2 N–H and O–H groups in total. The Bertz CT molecular complexity index is 472. The van der Waals surface area contributed by atoms with Crippen molar-refractivity contribution in [2.24, 2.45) is 4.99 Å². The highest BCUT2D eigenvalue weighted by Gasteiger charge is 1.98. The normalized spacial score (nSPS) is 8.87. The summed E-state index contributed by atoms with van der Waals surface area (Å²) in [6.45, 7) is 2.53. The predicted octanol–water partition coefficient (Wildman–Crippen LogP) is 1.43. The van der Waals surface area contributed by atoms with Crippen LogP contribution in [0, 0.1) is 5.41 Å². The van der Waals surface area contributed by atoms with Crippen LogP contribution in [0.3, 0.4) is 0 Å². The molecule has 0 aliphatic rings. The molecule has 0 atom stereocenters. The van der Waals surface area contributed by atoms with Crippen LogP contribution in [-0.2, 0) is 0 Å². The Morgan fingerprint density at radius 3 is 2.80 bits per heavy atom. The van der Waals surface area contributed by atoms with Crippen LogP contribution in [0.4, 0.5) is 0 Å². The van der Waals surface area contributed by atoms with Crippen LogP contribution in [0.5, 0.6) is 0 Å². The Labute approximate surface area is 86.3 Å². The second-order valence-electron chi connectivity index (χ2n) is 2.55. The Balaban J connectivity index is 0.000000195. The minimum Gasteiger partial charge on any atom is -0.410 e. The van der Waals surface area contributed by atoms with Gasteiger partial charge in [0.15, 0.2) is 0 Å². The zero-order valence-electron chi connectivity index (χ0n) is 8.25. The Morgan fingerprint density at radius 2 is 2.27 bits per heavy atom. The van der Waals surface area contributed by atoms with Crippen molar-refractivity contribution in [3.8, 4) is 0 Å². The maximum Gasteiger partial charge on any atom is 0.130 e. The molecular weight excluding hydrogens is 194 g/mol. The van der Waals surface area contributed by atoms with Crippen molar-refractivity contribution in [1.82, 2.24) is 15.2 Å². The lowest BCUT2D eigenvalue weighted by molar-refractivity contribution is 0.155. The zero-order chi connectivity index (χ0) is 11.1. The molecule has 0 radical (unpaired) electrons. The molecule has 6 nitrogen and oxygen atoms in total. The van der Waals surface area contributed by atoms with Gasteiger partial charge in [0.2, 0.25) is 0 Å². The third-order valence-electron chi connectivity index (χ3n) is 1.57. The molecule has 0 bridgehead atoms. The van der Waals surface area contributed by atoms with Gasteiger partial charge in [-0.25, -0.2) is 10.4 Å². The number of para-hydroxylation sites is 1. The van der Waals surface area contributed by atoms with E-state index in [1.807, 2.05) is 25.1 Å². The number of benzene rings is 1. The molecule has 0 unspecified atom stereocenters. The molecule has 0 aliphatic heterocycles. The molecule has 0 spiro atoms. The second-order valence-corrected chi connectivity index (χ2v) is 2.55. The van der Waals surface area contributed by atoms with E-state index in [2.05, 4.69) is 15.3 Å². The van der Waals surface area contributed by atoms with E-state index in [-0.39, 0.29) is 0 Å². The summed E-state index contributed by atoms with van der Waals surface area (Å²) in [5.41, 5.74) is 1.33. The van der Waals surface area contributed by atoms with Crippen LogP contribution in [0.15, 0.2) is 29.3 Å². The van der Waals surface area contributed by atoms with Crippen molar-refractivity contribution in [2.75, 3.05) is 6.54 Å². The van der Waals surface area contributed by atoms with E-state index in [1.165, 1.54) is 0 Å². The number of rotatable bonds is 1. The largest absolute Gasteiger partial charge is 0.410 e. The van der Waals surface area contributed by atoms with E-state index in [9.17, 15) is 0 Å². The molecule has 1 aromatic carbocycles. The monoisotopic (exact) mass is 205 g/mol. The fourth-order valence-electron chi connectivity index (χ4n) is 0.936. The minimum absolute atomic E-state index is 0.627. The topological polar surface area (TPSA) is 87.1 Å². The third-order valence-corrected chi connectivity index (χ3v) is 1.57. The molecule has 2 aromatic rings. The Kier molecular flexibility index (Phi) is 4.00. The van der Waals surface area contributed by atoms with Crippen molar-refractivity contribution in [2.45, 2.75) is 6.92 Å².